The van der Waals surface area contributed by atoms with Gasteiger partial charge in [0.2, 0.25) is 0 Å². The molecule has 1 nitrogen and oxygen atoms in total. The first-order chi connectivity index (χ1) is 10.6. The van der Waals surface area contributed by atoms with Gasteiger partial charge in [-0.2, -0.15) is 0 Å². The maximum Gasteiger partial charge on any atom is 0.173 e. The van der Waals surface area contributed by atoms with Crippen molar-refractivity contribution in [3.05, 3.63) is 90.5 Å². The molecule has 22 heavy (non-hydrogen) atoms. The van der Waals surface area contributed by atoms with Crippen molar-refractivity contribution in [1.29, 1.82) is 0 Å². The van der Waals surface area contributed by atoms with Crippen molar-refractivity contribution in [3.63, 3.8) is 0 Å². The van der Waals surface area contributed by atoms with Crippen LogP contribution in [0.25, 0.3) is 0 Å². The van der Waals surface area contributed by atoms with E-state index in [9.17, 15) is 13.3 Å². The molecule has 0 N–H and O–H groups in total. The summed E-state index contributed by atoms with van der Waals surface area (Å²) in [4.78, 5) is 0. The van der Waals surface area contributed by atoms with E-state index >= 15 is 0 Å². The Hall–Kier alpha value is -2.25. The zero-order valence-corrected chi connectivity index (χ0v) is 12.5. The van der Waals surface area contributed by atoms with Crippen LogP contribution in [0.3, 0.4) is 0 Å². The number of hydrogen-bond donors (Lipinski definition) is 0. The summed E-state index contributed by atoms with van der Waals surface area (Å²) in [5.41, 5.74) is 0. The Balaban J connectivity index is 2.31. The molecule has 0 aliphatic carbocycles. The summed E-state index contributed by atoms with van der Waals surface area (Å²) in [7, 11) is -3.38. The van der Waals surface area contributed by atoms with Gasteiger partial charge in [0.05, 0.1) is 5.30 Å². The fourth-order valence-electron chi connectivity index (χ4n) is 2.44. The Morgan fingerprint density at radius 2 is 1.18 bits per heavy atom. The van der Waals surface area contributed by atoms with Crippen LogP contribution in [0.1, 0.15) is 0 Å². The van der Waals surface area contributed by atoms with Gasteiger partial charge in [0.25, 0.3) is 0 Å². The first-order valence-corrected chi connectivity index (χ1v) is 8.50. The minimum Gasteiger partial charge on any atom is -0.309 e. The molecule has 0 aliphatic rings. The summed E-state index contributed by atoms with van der Waals surface area (Å²) < 4.78 is 41.3. The van der Waals surface area contributed by atoms with Gasteiger partial charge in [0.15, 0.2) is 7.14 Å². The van der Waals surface area contributed by atoms with E-state index in [0.29, 0.717) is 10.6 Å². The lowest BCUT2D eigenvalue weighted by Crippen LogP contribution is -2.27. The molecule has 0 saturated carbocycles. The lowest BCUT2D eigenvalue weighted by Gasteiger charge is -2.20. The third-order valence-electron chi connectivity index (χ3n) is 3.49. The monoisotopic (exact) mass is 314 g/mol. The topological polar surface area (TPSA) is 17.1 Å². The van der Waals surface area contributed by atoms with Crippen LogP contribution in [0.15, 0.2) is 78.9 Å². The van der Waals surface area contributed by atoms with Crippen LogP contribution in [0, 0.1) is 11.6 Å². The molecule has 3 aromatic rings. The average Bonchev–Trinajstić information content (AvgIpc) is 2.56. The predicted octanol–water partition coefficient (Wildman–Crippen LogP) is 3.60. The van der Waals surface area contributed by atoms with E-state index in [1.807, 2.05) is 0 Å². The van der Waals surface area contributed by atoms with Gasteiger partial charge in [0.1, 0.15) is 11.6 Å². The first-order valence-electron chi connectivity index (χ1n) is 6.79. The average molecular weight is 314 g/mol. The second-order valence-electron chi connectivity index (χ2n) is 4.88. The highest BCUT2D eigenvalue weighted by Gasteiger charge is 2.32. The first kappa shape index (κ1) is 14.7. The molecule has 0 amide bonds. The standard InChI is InChI=1S/C18H13F2OP/c19-14-11-12-18(17(20)13-14)22(21,15-7-3-1-4-8-15)16-9-5-2-6-10-16/h1-13H. The molecule has 0 saturated heterocycles. The fourth-order valence-corrected chi connectivity index (χ4v) is 5.13. The largest absolute Gasteiger partial charge is 0.309 e. The van der Waals surface area contributed by atoms with Crippen molar-refractivity contribution in [2.45, 2.75) is 0 Å². The summed E-state index contributed by atoms with van der Waals surface area (Å²) in [5.74, 6) is -1.48. The predicted molar refractivity (Wildman–Crippen MR) is 85.8 cm³/mol. The van der Waals surface area contributed by atoms with E-state index in [1.54, 1.807) is 60.7 Å². The van der Waals surface area contributed by atoms with Gasteiger partial charge in [-0.15, -0.1) is 0 Å². The van der Waals surface area contributed by atoms with E-state index in [-0.39, 0.29) is 5.30 Å². The molecule has 0 atom stereocenters. The maximum atomic E-state index is 14.3. The summed E-state index contributed by atoms with van der Waals surface area (Å²) in [6.07, 6.45) is 0. The smallest absolute Gasteiger partial charge is 0.173 e. The second kappa shape index (κ2) is 5.86. The molecule has 4 heteroatoms. The van der Waals surface area contributed by atoms with Crippen molar-refractivity contribution in [2.24, 2.45) is 0 Å². The molecule has 0 radical (unpaired) electrons. The zero-order chi connectivity index (χ0) is 15.6. The van der Waals surface area contributed by atoms with E-state index in [0.717, 1.165) is 12.1 Å². The Labute approximate surface area is 127 Å². The third kappa shape index (κ3) is 2.49. The van der Waals surface area contributed by atoms with E-state index in [4.69, 9.17) is 0 Å². The van der Waals surface area contributed by atoms with Crippen molar-refractivity contribution >= 4 is 23.1 Å². The SMILES string of the molecule is O=P(c1ccccc1)(c1ccccc1)c1ccc(F)cc1F. The van der Waals surface area contributed by atoms with Gasteiger partial charge in [-0.3, -0.25) is 0 Å². The molecule has 0 heterocycles. The van der Waals surface area contributed by atoms with Crippen molar-refractivity contribution in [1.82, 2.24) is 0 Å². The fraction of sp³-hybridized carbons (Fsp3) is 0. The molecule has 0 unspecified atom stereocenters. The molecule has 0 aromatic heterocycles. The Morgan fingerprint density at radius 1 is 0.682 bits per heavy atom. The van der Waals surface area contributed by atoms with E-state index in [1.165, 1.54) is 6.07 Å². The van der Waals surface area contributed by atoms with E-state index in [2.05, 4.69) is 0 Å². The molecular weight excluding hydrogens is 301 g/mol. The molecular formula is C18H13F2OP. The number of rotatable bonds is 3. The summed E-state index contributed by atoms with van der Waals surface area (Å²) in [6.45, 7) is 0. The van der Waals surface area contributed by atoms with Crippen LogP contribution in [0.2, 0.25) is 0 Å². The van der Waals surface area contributed by atoms with Crippen molar-refractivity contribution in [2.75, 3.05) is 0 Å². The highest BCUT2D eigenvalue weighted by Crippen LogP contribution is 2.42. The lowest BCUT2D eigenvalue weighted by molar-refractivity contribution is 0.580. The third-order valence-corrected chi connectivity index (χ3v) is 6.58. The van der Waals surface area contributed by atoms with Gasteiger partial charge in [-0.25, -0.2) is 8.78 Å². The van der Waals surface area contributed by atoms with E-state index < -0.39 is 18.8 Å². The highest BCUT2D eigenvalue weighted by molar-refractivity contribution is 7.85. The molecule has 110 valence electrons. The number of halogens is 2. The Morgan fingerprint density at radius 3 is 1.64 bits per heavy atom. The molecule has 0 bridgehead atoms. The van der Waals surface area contributed by atoms with Crippen LogP contribution >= 0.6 is 7.14 Å². The molecule has 0 fully saturated rings. The van der Waals surface area contributed by atoms with Crippen molar-refractivity contribution in [3.8, 4) is 0 Å². The van der Waals surface area contributed by atoms with Gasteiger partial charge in [-0.1, -0.05) is 60.7 Å². The van der Waals surface area contributed by atoms with Crippen LogP contribution < -0.4 is 15.9 Å². The minimum absolute atomic E-state index is 0.0197. The Bertz CT molecular complexity index is 789. The summed E-state index contributed by atoms with van der Waals surface area (Å²) in [5, 5.41) is 1.06. The minimum atomic E-state index is -3.38. The molecule has 3 rings (SSSR count). The summed E-state index contributed by atoms with van der Waals surface area (Å²) in [6, 6.07) is 20.6. The van der Waals surface area contributed by atoms with Crippen LogP contribution in [0.5, 0.6) is 0 Å². The molecule has 0 spiro atoms. The second-order valence-corrected chi connectivity index (χ2v) is 7.61. The Kier molecular flexibility index (Phi) is 3.91. The normalized spacial score (nSPS) is 11.4. The quantitative estimate of drug-likeness (QED) is 0.675. The maximum absolute atomic E-state index is 14.3. The van der Waals surface area contributed by atoms with Crippen LogP contribution in [-0.4, -0.2) is 0 Å². The highest BCUT2D eigenvalue weighted by atomic mass is 31.2. The van der Waals surface area contributed by atoms with Gasteiger partial charge >= 0.3 is 0 Å². The van der Waals surface area contributed by atoms with Gasteiger partial charge in [-0.05, 0) is 12.1 Å². The van der Waals surface area contributed by atoms with Gasteiger partial charge < -0.3 is 4.57 Å². The lowest BCUT2D eigenvalue weighted by atomic mass is 10.3. The van der Waals surface area contributed by atoms with Crippen molar-refractivity contribution < 1.29 is 13.3 Å². The zero-order valence-electron chi connectivity index (χ0n) is 11.6. The van der Waals surface area contributed by atoms with Gasteiger partial charge in [0, 0.05) is 16.7 Å². The van der Waals surface area contributed by atoms with Crippen LogP contribution in [-0.2, 0) is 4.57 Å². The number of hydrogen-bond acceptors (Lipinski definition) is 1. The summed E-state index contributed by atoms with van der Waals surface area (Å²) >= 11 is 0. The van der Waals surface area contributed by atoms with Crippen LogP contribution in [0.4, 0.5) is 8.78 Å². The molecule has 3 aromatic carbocycles. The number of benzene rings is 3. The molecule has 0 aliphatic heterocycles.